The Bertz CT molecular complexity index is 1150. The van der Waals surface area contributed by atoms with Gasteiger partial charge in [0.05, 0.1) is 13.0 Å². The predicted molar refractivity (Wildman–Crippen MR) is 135 cm³/mol. The number of thiocarbonyl (C=S) groups is 1. The number of amides is 2. The summed E-state index contributed by atoms with van der Waals surface area (Å²) in [7, 11) is 0. The molecule has 0 saturated carbocycles. The molecule has 2 amide bonds. The molecular formula is C25H21Cl2N3O2S. The third kappa shape index (κ3) is 5.71. The molecule has 3 aromatic carbocycles. The summed E-state index contributed by atoms with van der Waals surface area (Å²) in [5.41, 5.74) is 2.52. The van der Waals surface area contributed by atoms with Crippen molar-refractivity contribution in [3.63, 3.8) is 0 Å². The van der Waals surface area contributed by atoms with Gasteiger partial charge in [-0.2, -0.15) is 0 Å². The minimum absolute atomic E-state index is 0.0273. The molecule has 4 rings (SSSR count). The van der Waals surface area contributed by atoms with E-state index in [0.717, 1.165) is 11.1 Å². The van der Waals surface area contributed by atoms with Crippen LogP contribution in [0.25, 0.3) is 0 Å². The first-order chi connectivity index (χ1) is 15.9. The maximum absolute atomic E-state index is 13.4. The second kappa shape index (κ2) is 10.3. The van der Waals surface area contributed by atoms with Crippen molar-refractivity contribution >= 4 is 58.0 Å². The van der Waals surface area contributed by atoms with Crippen LogP contribution < -0.4 is 5.32 Å². The molecule has 1 fully saturated rings. The summed E-state index contributed by atoms with van der Waals surface area (Å²) in [6.45, 7) is 0.747. The van der Waals surface area contributed by atoms with Crippen molar-refractivity contribution in [2.75, 3.05) is 5.32 Å². The standard InChI is InChI=1S/C25H21Cl2N3O2S/c26-19-8-6-18(7-9-19)15-29-22(14-23(31)28-21-12-10-20(27)11-13-21)24(32)30(25(29)33)16-17-4-2-1-3-5-17/h1-13,22H,14-16H2,(H,28,31). The number of rotatable bonds is 7. The molecule has 1 aliphatic rings. The van der Waals surface area contributed by atoms with Gasteiger partial charge in [-0.1, -0.05) is 65.7 Å². The van der Waals surface area contributed by atoms with Gasteiger partial charge in [-0.3, -0.25) is 14.5 Å². The Morgan fingerprint density at radius 3 is 2.06 bits per heavy atom. The van der Waals surface area contributed by atoms with Crippen molar-refractivity contribution in [3.8, 4) is 0 Å². The molecule has 0 spiro atoms. The molecule has 1 aliphatic heterocycles. The molecule has 1 unspecified atom stereocenters. The molecule has 8 heteroatoms. The van der Waals surface area contributed by atoms with E-state index in [9.17, 15) is 9.59 Å². The topological polar surface area (TPSA) is 52.7 Å². The van der Waals surface area contributed by atoms with Gasteiger partial charge in [0.1, 0.15) is 6.04 Å². The van der Waals surface area contributed by atoms with Crippen LogP contribution in [0.2, 0.25) is 10.0 Å². The Kier molecular flexibility index (Phi) is 7.28. The summed E-state index contributed by atoms with van der Waals surface area (Å²) >= 11 is 17.6. The number of nitrogens with one attached hydrogen (secondary N) is 1. The highest BCUT2D eigenvalue weighted by atomic mass is 35.5. The Morgan fingerprint density at radius 1 is 0.848 bits per heavy atom. The third-order valence-corrected chi connectivity index (χ3v) is 6.32. The van der Waals surface area contributed by atoms with Gasteiger partial charge in [0.2, 0.25) is 5.91 Å². The van der Waals surface area contributed by atoms with Crippen LogP contribution >= 0.6 is 35.4 Å². The Hall–Kier alpha value is -2.93. The Labute approximate surface area is 207 Å². The third-order valence-electron chi connectivity index (χ3n) is 5.36. The molecule has 33 heavy (non-hydrogen) atoms. The van der Waals surface area contributed by atoms with E-state index >= 15 is 0 Å². The van der Waals surface area contributed by atoms with Crippen molar-refractivity contribution in [1.82, 2.24) is 9.80 Å². The number of hydrogen-bond donors (Lipinski definition) is 1. The second-order valence-corrected chi connectivity index (χ2v) is 8.96. The van der Waals surface area contributed by atoms with Crippen molar-refractivity contribution < 1.29 is 9.59 Å². The molecule has 0 radical (unpaired) electrons. The lowest BCUT2D eigenvalue weighted by Gasteiger charge is -2.24. The van der Waals surface area contributed by atoms with Gasteiger partial charge in [-0.05, 0) is 59.7 Å². The normalized spacial score (nSPS) is 15.8. The lowest BCUT2D eigenvalue weighted by atomic mass is 10.1. The fraction of sp³-hybridized carbons (Fsp3) is 0.160. The fourth-order valence-electron chi connectivity index (χ4n) is 3.69. The number of hydrogen-bond acceptors (Lipinski definition) is 3. The first kappa shape index (κ1) is 23.2. The zero-order valence-electron chi connectivity index (χ0n) is 17.6. The monoisotopic (exact) mass is 497 g/mol. The van der Waals surface area contributed by atoms with Gasteiger partial charge in [0.15, 0.2) is 5.11 Å². The molecule has 5 nitrogen and oxygen atoms in total. The van der Waals surface area contributed by atoms with Crippen LogP contribution in [0.3, 0.4) is 0 Å². The predicted octanol–water partition coefficient (Wildman–Crippen LogP) is 5.52. The number of carbonyl (C=O) groups excluding carboxylic acids is 2. The zero-order chi connectivity index (χ0) is 23.4. The van der Waals surface area contributed by atoms with Crippen LogP contribution in [-0.2, 0) is 22.7 Å². The van der Waals surface area contributed by atoms with E-state index in [2.05, 4.69) is 5.32 Å². The second-order valence-electron chi connectivity index (χ2n) is 7.72. The Morgan fingerprint density at radius 2 is 1.42 bits per heavy atom. The van der Waals surface area contributed by atoms with Gasteiger partial charge < -0.3 is 10.2 Å². The number of halogens is 2. The summed E-state index contributed by atoms with van der Waals surface area (Å²) in [6, 6.07) is 23.1. The van der Waals surface area contributed by atoms with Crippen LogP contribution in [0, 0.1) is 0 Å². The van der Waals surface area contributed by atoms with Crippen molar-refractivity contribution in [2.24, 2.45) is 0 Å². The molecule has 1 atom stereocenters. The molecule has 0 aliphatic carbocycles. The first-order valence-corrected chi connectivity index (χ1v) is 11.5. The SMILES string of the molecule is O=C(CC1C(=O)N(Cc2ccccc2)C(=S)N1Cc1ccc(Cl)cc1)Nc1ccc(Cl)cc1. The molecule has 1 heterocycles. The van der Waals surface area contributed by atoms with E-state index in [1.807, 2.05) is 47.4 Å². The van der Waals surface area contributed by atoms with Gasteiger partial charge in [0, 0.05) is 22.3 Å². The maximum atomic E-state index is 13.4. The molecule has 0 bridgehead atoms. The smallest absolute Gasteiger partial charge is 0.252 e. The van der Waals surface area contributed by atoms with Crippen molar-refractivity contribution in [1.29, 1.82) is 0 Å². The minimum atomic E-state index is -0.704. The van der Waals surface area contributed by atoms with E-state index in [1.165, 1.54) is 0 Å². The average Bonchev–Trinajstić information content (AvgIpc) is 3.02. The summed E-state index contributed by atoms with van der Waals surface area (Å²) in [6.07, 6.45) is -0.0273. The highest BCUT2D eigenvalue weighted by Gasteiger charge is 2.43. The van der Waals surface area contributed by atoms with E-state index in [0.29, 0.717) is 33.9 Å². The van der Waals surface area contributed by atoms with Crippen LogP contribution in [-0.4, -0.2) is 32.8 Å². The first-order valence-electron chi connectivity index (χ1n) is 10.4. The van der Waals surface area contributed by atoms with E-state index in [4.69, 9.17) is 35.4 Å². The number of nitrogens with zero attached hydrogens (tertiary/aromatic N) is 2. The lowest BCUT2D eigenvalue weighted by Crippen LogP contribution is -2.37. The van der Waals surface area contributed by atoms with Crippen LogP contribution in [0.1, 0.15) is 17.5 Å². The van der Waals surface area contributed by atoms with Crippen LogP contribution in [0.5, 0.6) is 0 Å². The molecule has 1 N–H and O–H groups in total. The number of anilines is 1. The van der Waals surface area contributed by atoms with Gasteiger partial charge in [-0.15, -0.1) is 0 Å². The number of benzene rings is 3. The quantitative estimate of drug-likeness (QED) is 0.436. The maximum Gasteiger partial charge on any atom is 0.252 e. The van der Waals surface area contributed by atoms with Crippen LogP contribution in [0.4, 0.5) is 5.69 Å². The molecule has 168 valence electrons. The number of carbonyl (C=O) groups is 2. The summed E-state index contributed by atoms with van der Waals surface area (Å²) in [4.78, 5) is 29.6. The summed E-state index contributed by atoms with van der Waals surface area (Å²) < 4.78 is 0. The molecular weight excluding hydrogens is 477 g/mol. The van der Waals surface area contributed by atoms with Gasteiger partial charge in [0.25, 0.3) is 5.91 Å². The summed E-state index contributed by atoms with van der Waals surface area (Å²) in [5.74, 6) is -0.467. The minimum Gasteiger partial charge on any atom is -0.332 e. The molecule has 3 aromatic rings. The van der Waals surface area contributed by atoms with Crippen molar-refractivity contribution in [3.05, 3.63) is 100 Å². The average molecular weight is 498 g/mol. The van der Waals surface area contributed by atoms with Gasteiger partial charge >= 0.3 is 0 Å². The lowest BCUT2D eigenvalue weighted by molar-refractivity contribution is -0.131. The van der Waals surface area contributed by atoms with Gasteiger partial charge in [-0.25, -0.2) is 0 Å². The van der Waals surface area contributed by atoms with Crippen LogP contribution in [0.15, 0.2) is 78.9 Å². The highest BCUT2D eigenvalue weighted by molar-refractivity contribution is 7.80. The largest absolute Gasteiger partial charge is 0.332 e. The van der Waals surface area contributed by atoms with E-state index in [-0.39, 0.29) is 18.2 Å². The highest BCUT2D eigenvalue weighted by Crippen LogP contribution is 2.26. The zero-order valence-corrected chi connectivity index (χ0v) is 19.9. The summed E-state index contributed by atoms with van der Waals surface area (Å²) in [5, 5.41) is 4.44. The van der Waals surface area contributed by atoms with Crippen molar-refractivity contribution in [2.45, 2.75) is 25.6 Å². The molecule has 1 saturated heterocycles. The van der Waals surface area contributed by atoms with E-state index in [1.54, 1.807) is 41.3 Å². The fourth-order valence-corrected chi connectivity index (χ4v) is 4.29. The molecule has 0 aromatic heterocycles. The van der Waals surface area contributed by atoms with E-state index < -0.39 is 6.04 Å². The Balaban J connectivity index is 1.55.